The van der Waals surface area contributed by atoms with Crippen LogP contribution in [0.2, 0.25) is 0 Å². The summed E-state index contributed by atoms with van der Waals surface area (Å²) < 4.78 is 0. The summed E-state index contributed by atoms with van der Waals surface area (Å²) in [7, 11) is 2.18. The lowest BCUT2D eigenvalue weighted by Gasteiger charge is -2.22. The highest BCUT2D eigenvalue weighted by Crippen LogP contribution is 2.34. The molecule has 1 aliphatic carbocycles. The van der Waals surface area contributed by atoms with Gasteiger partial charge in [0.2, 0.25) is 0 Å². The van der Waals surface area contributed by atoms with Crippen LogP contribution in [0.25, 0.3) is 0 Å². The van der Waals surface area contributed by atoms with Gasteiger partial charge in [0, 0.05) is 19.1 Å². The molecule has 1 aliphatic rings. The molecular formula is C10H20N2. The van der Waals surface area contributed by atoms with Crippen molar-refractivity contribution >= 4 is 0 Å². The predicted molar refractivity (Wildman–Crippen MR) is 53.0 cm³/mol. The monoisotopic (exact) mass is 168 g/mol. The summed E-state index contributed by atoms with van der Waals surface area (Å²) in [6.45, 7) is 4.01. The van der Waals surface area contributed by atoms with Gasteiger partial charge in [0.05, 0.1) is 0 Å². The summed E-state index contributed by atoms with van der Waals surface area (Å²) >= 11 is 0. The molecule has 0 amide bonds. The number of nitrogens with zero attached hydrogens (tertiary/aromatic N) is 1. The van der Waals surface area contributed by atoms with Gasteiger partial charge >= 0.3 is 0 Å². The van der Waals surface area contributed by atoms with E-state index >= 15 is 0 Å². The molecule has 70 valence electrons. The van der Waals surface area contributed by atoms with E-state index in [1.54, 1.807) is 0 Å². The molecular weight excluding hydrogens is 148 g/mol. The maximum atomic E-state index is 5.36. The SMILES string of the molecule is CC(C1CC1)N(C)CC=CCN. The Morgan fingerprint density at radius 2 is 2.17 bits per heavy atom. The first-order valence-electron chi connectivity index (χ1n) is 4.81. The van der Waals surface area contributed by atoms with Crippen LogP contribution in [0.15, 0.2) is 12.2 Å². The summed E-state index contributed by atoms with van der Waals surface area (Å²) in [5, 5.41) is 0. The van der Waals surface area contributed by atoms with Gasteiger partial charge in [-0.2, -0.15) is 0 Å². The first kappa shape index (κ1) is 9.75. The number of likely N-dealkylation sites (N-methyl/N-ethyl adjacent to an activating group) is 1. The Morgan fingerprint density at radius 3 is 2.67 bits per heavy atom. The molecule has 1 atom stereocenters. The van der Waals surface area contributed by atoms with Gasteiger partial charge in [0.15, 0.2) is 0 Å². The maximum absolute atomic E-state index is 5.36. The lowest BCUT2D eigenvalue weighted by atomic mass is 10.2. The predicted octanol–water partition coefficient (Wildman–Crippen LogP) is 1.23. The molecule has 2 heteroatoms. The van der Waals surface area contributed by atoms with E-state index in [2.05, 4.69) is 24.9 Å². The molecule has 0 aromatic heterocycles. The highest BCUT2D eigenvalue weighted by Gasteiger charge is 2.29. The van der Waals surface area contributed by atoms with Crippen molar-refractivity contribution in [2.45, 2.75) is 25.8 Å². The molecule has 0 heterocycles. The summed E-state index contributed by atoms with van der Waals surface area (Å²) in [4.78, 5) is 2.39. The van der Waals surface area contributed by atoms with Gasteiger partial charge in [-0.3, -0.25) is 4.90 Å². The minimum Gasteiger partial charge on any atom is -0.327 e. The van der Waals surface area contributed by atoms with Crippen LogP contribution in [0, 0.1) is 5.92 Å². The summed E-state index contributed by atoms with van der Waals surface area (Å²) in [5.74, 6) is 0.960. The fraction of sp³-hybridized carbons (Fsp3) is 0.800. The second-order valence-electron chi connectivity index (χ2n) is 3.72. The molecule has 0 radical (unpaired) electrons. The summed E-state index contributed by atoms with van der Waals surface area (Å²) in [6, 6.07) is 0.743. The van der Waals surface area contributed by atoms with Gasteiger partial charge in [0.1, 0.15) is 0 Å². The van der Waals surface area contributed by atoms with Crippen molar-refractivity contribution < 1.29 is 0 Å². The zero-order valence-corrected chi connectivity index (χ0v) is 8.16. The standard InChI is InChI=1S/C10H20N2/c1-9(10-5-6-10)12(2)8-4-3-7-11/h3-4,9-10H,5-8,11H2,1-2H3. The average Bonchev–Trinajstić information content (AvgIpc) is 2.86. The van der Waals surface area contributed by atoms with E-state index in [-0.39, 0.29) is 0 Å². The molecule has 1 saturated carbocycles. The van der Waals surface area contributed by atoms with Crippen molar-refractivity contribution in [1.29, 1.82) is 0 Å². The Bertz CT molecular complexity index is 150. The normalized spacial score (nSPS) is 20.7. The fourth-order valence-electron chi connectivity index (χ4n) is 1.44. The van der Waals surface area contributed by atoms with E-state index in [1.165, 1.54) is 12.8 Å². The van der Waals surface area contributed by atoms with E-state index in [0.29, 0.717) is 6.54 Å². The number of nitrogens with two attached hydrogens (primary N) is 1. The van der Waals surface area contributed by atoms with Crippen LogP contribution in [-0.4, -0.2) is 31.1 Å². The van der Waals surface area contributed by atoms with Crippen molar-refractivity contribution in [3.05, 3.63) is 12.2 Å². The Hall–Kier alpha value is -0.340. The van der Waals surface area contributed by atoms with Crippen LogP contribution in [-0.2, 0) is 0 Å². The third-order valence-corrected chi connectivity index (χ3v) is 2.70. The molecule has 1 rings (SSSR count). The van der Waals surface area contributed by atoms with E-state index in [9.17, 15) is 0 Å². The van der Waals surface area contributed by atoms with Gasteiger partial charge in [-0.05, 0) is 32.7 Å². The lowest BCUT2D eigenvalue weighted by Crippen LogP contribution is -2.30. The molecule has 0 saturated heterocycles. The van der Waals surface area contributed by atoms with E-state index < -0.39 is 0 Å². The van der Waals surface area contributed by atoms with Crippen molar-refractivity contribution in [2.75, 3.05) is 20.1 Å². The zero-order valence-electron chi connectivity index (χ0n) is 8.16. The van der Waals surface area contributed by atoms with Crippen LogP contribution in [0.4, 0.5) is 0 Å². The van der Waals surface area contributed by atoms with Crippen LogP contribution in [0.5, 0.6) is 0 Å². The largest absolute Gasteiger partial charge is 0.327 e. The molecule has 1 fully saturated rings. The topological polar surface area (TPSA) is 29.3 Å². The smallest absolute Gasteiger partial charge is 0.0163 e. The van der Waals surface area contributed by atoms with E-state index in [1.807, 2.05) is 6.08 Å². The first-order valence-corrected chi connectivity index (χ1v) is 4.81. The molecule has 0 spiro atoms. The fourth-order valence-corrected chi connectivity index (χ4v) is 1.44. The summed E-state index contributed by atoms with van der Waals surface area (Å²) in [6.07, 6.45) is 7.02. The second kappa shape index (κ2) is 4.63. The molecule has 2 N–H and O–H groups in total. The van der Waals surface area contributed by atoms with Crippen LogP contribution >= 0.6 is 0 Å². The average molecular weight is 168 g/mol. The van der Waals surface area contributed by atoms with Crippen molar-refractivity contribution in [1.82, 2.24) is 4.90 Å². The second-order valence-corrected chi connectivity index (χ2v) is 3.72. The molecule has 0 bridgehead atoms. The van der Waals surface area contributed by atoms with E-state index in [0.717, 1.165) is 18.5 Å². The van der Waals surface area contributed by atoms with Crippen molar-refractivity contribution in [3.63, 3.8) is 0 Å². The summed E-state index contributed by atoms with van der Waals surface area (Å²) in [5.41, 5.74) is 5.36. The van der Waals surface area contributed by atoms with Crippen molar-refractivity contribution in [3.8, 4) is 0 Å². The van der Waals surface area contributed by atoms with E-state index in [4.69, 9.17) is 5.73 Å². The Kier molecular flexibility index (Phi) is 3.76. The Balaban J connectivity index is 2.17. The van der Waals surface area contributed by atoms with Crippen LogP contribution in [0.1, 0.15) is 19.8 Å². The Morgan fingerprint density at radius 1 is 1.50 bits per heavy atom. The quantitative estimate of drug-likeness (QED) is 0.626. The lowest BCUT2D eigenvalue weighted by molar-refractivity contribution is 0.258. The molecule has 0 aromatic carbocycles. The first-order chi connectivity index (χ1) is 5.75. The number of hydrogen-bond donors (Lipinski definition) is 1. The number of hydrogen-bond acceptors (Lipinski definition) is 2. The maximum Gasteiger partial charge on any atom is 0.0163 e. The number of rotatable bonds is 5. The van der Waals surface area contributed by atoms with Gasteiger partial charge in [-0.25, -0.2) is 0 Å². The molecule has 12 heavy (non-hydrogen) atoms. The minimum atomic E-state index is 0.658. The molecule has 0 aromatic rings. The zero-order chi connectivity index (χ0) is 8.97. The molecule has 2 nitrogen and oxygen atoms in total. The van der Waals surface area contributed by atoms with Crippen molar-refractivity contribution in [2.24, 2.45) is 11.7 Å². The van der Waals surface area contributed by atoms with Crippen LogP contribution in [0.3, 0.4) is 0 Å². The highest BCUT2D eigenvalue weighted by molar-refractivity contribution is 4.89. The Labute approximate surface area is 75.4 Å². The van der Waals surface area contributed by atoms with Gasteiger partial charge in [0.25, 0.3) is 0 Å². The van der Waals surface area contributed by atoms with Gasteiger partial charge < -0.3 is 5.73 Å². The minimum absolute atomic E-state index is 0.658. The third-order valence-electron chi connectivity index (χ3n) is 2.70. The molecule has 1 unspecified atom stereocenters. The van der Waals surface area contributed by atoms with Crippen LogP contribution < -0.4 is 5.73 Å². The highest BCUT2D eigenvalue weighted by atomic mass is 15.1. The molecule has 0 aliphatic heterocycles. The third kappa shape index (κ3) is 2.95. The van der Waals surface area contributed by atoms with Gasteiger partial charge in [-0.15, -0.1) is 0 Å². The van der Waals surface area contributed by atoms with Gasteiger partial charge in [-0.1, -0.05) is 12.2 Å².